The van der Waals surface area contributed by atoms with E-state index in [2.05, 4.69) is 22.5 Å². The molecule has 1 N–H and O–H groups in total. The van der Waals surface area contributed by atoms with E-state index >= 15 is 0 Å². The molecule has 0 saturated heterocycles. The largest absolute Gasteiger partial charge is 0.354 e. The number of carbonyl (C=O) groups excluding carboxylic acids is 1. The van der Waals surface area contributed by atoms with Crippen LogP contribution in [0.2, 0.25) is 0 Å². The minimum absolute atomic E-state index is 0.00367. The Bertz CT molecular complexity index is 818. The number of fused-ring (bicyclic) bond motifs is 1. The van der Waals surface area contributed by atoms with Crippen molar-refractivity contribution in [2.24, 2.45) is 0 Å². The average molecular weight is 340 g/mol. The molecule has 132 valence electrons. The molecular weight excluding hydrogens is 316 g/mol. The minimum atomic E-state index is -0.156. The van der Waals surface area contributed by atoms with E-state index in [1.807, 2.05) is 18.2 Å². The fourth-order valence-electron chi connectivity index (χ4n) is 3.70. The van der Waals surface area contributed by atoms with Gasteiger partial charge in [0.05, 0.1) is 0 Å². The van der Waals surface area contributed by atoms with Crippen LogP contribution >= 0.6 is 0 Å². The molecule has 4 rings (SSSR count). The Balaban J connectivity index is 1.39. The summed E-state index contributed by atoms with van der Waals surface area (Å²) in [5, 5.41) is 7.38. The Morgan fingerprint density at radius 1 is 1.16 bits per heavy atom. The van der Waals surface area contributed by atoms with Gasteiger partial charge in [-0.25, -0.2) is 9.48 Å². The topological polar surface area (TPSA) is 68.9 Å². The molecule has 0 spiro atoms. The Kier molecular flexibility index (Phi) is 4.19. The van der Waals surface area contributed by atoms with Crippen LogP contribution in [0.1, 0.15) is 43.5 Å². The zero-order chi connectivity index (χ0) is 17.3. The lowest BCUT2D eigenvalue weighted by Gasteiger charge is -2.16. The second-order valence-corrected chi connectivity index (χ2v) is 7.24. The van der Waals surface area contributed by atoms with E-state index in [1.165, 1.54) is 10.2 Å². The molecule has 25 heavy (non-hydrogen) atoms. The molecule has 2 aromatic rings. The fourth-order valence-corrected chi connectivity index (χ4v) is 3.70. The second kappa shape index (κ2) is 6.50. The second-order valence-electron chi connectivity index (χ2n) is 7.24. The van der Waals surface area contributed by atoms with E-state index in [1.54, 1.807) is 4.57 Å². The highest BCUT2D eigenvalue weighted by Crippen LogP contribution is 2.47. The number of aromatic nitrogens is 3. The number of aryl methyl sites for hydroxylation is 1. The van der Waals surface area contributed by atoms with Gasteiger partial charge in [0.2, 0.25) is 5.91 Å². The minimum Gasteiger partial charge on any atom is -0.354 e. The third-order valence-electron chi connectivity index (χ3n) is 5.44. The smallest absolute Gasteiger partial charge is 0.346 e. The molecule has 1 aliphatic heterocycles. The molecule has 2 aliphatic rings. The zero-order valence-electron chi connectivity index (χ0n) is 14.4. The first-order chi connectivity index (χ1) is 12.2. The maximum absolute atomic E-state index is 12.4. The molecule has 6 nitrogen and oxygen atoms in total. The van der Waals surface area contributed by atoms with E-state index in [0.29, 0.717) is 13.1 Å². The summed E-state index contributed by atoms with van der Waals surface area (Å²) in [6, 6.07) is 10.3. The first-order valence-corrected chi connectivity index (χ1v) is 9.17. The van der Waals surface area contributed by atoms with Crippen molar-refractivity contribution < 1.29 is 4.79 Å². The van der Waals surface area contributed by atoms with Gasteiger partial charge in [0.25, 0.3) is 0 Å². The lowest BCUT2D eigenvalue weighted by atomic mass is 9.96. The Morgan fingerprint density at radius 2 is 1.96 bits per heavy atom. The summed E-state index contributed by atoms with van der Waals surface area (Å²) in [6.07, 6.45) is 6.20. The number of hydrogen-bond acceptors (Lipinski definition) is 3. The Labute approximate surface area is 146 Å². The van der Waals surface area contributed by atoms with E-state index in [-0.39, 0.29) is 23.6 Å². The lowest BCUT2D eigenvalue weighted by molar-refractivity contribution is -0.122. The number of nitrogens with one attached hydrogen (secondary N) is 1. The average Bonchev–Trinajstić information content (AvgIpc) is 3.41. The van der Waals surface area contributed by atoms with Crippen molar-refractivity contribution in [3.05, 3.63) is 52.2 Å². The number of hydrogen-bond donors (Lipinski definition) is 1. The van der Waals surface area contributed by atoms with Crippen molar-refractivity contribution in [1.82, 2.24) is 19.7 Å². The molecular formula is C19H24N4O2. The predicted molar refractivity (Wildman–Crippen MR) is 94.4 cm³/mol. The zero-order valence-corrected chi connectivity index (χ0v) is 14.4. The molecule has 1 aliphatic carbocycles. The van der Waals surface area contributed by atoms with Crippen LogP contribution in [-0.2, 0) is 29.7 Å². The normalized spacial score (nSPS) is 18.2. The molecule has 0 bridgehead atoms. The van der Waals surface area contributed by atoms with Crippen LogP contribution < -0.4 is 11.0 Å². The molecule has 0 atom stereocenters. The monoisotopic (exact) mass is 340 g/mol. The number of carbonyl (C=O) groups is 1. The van der Waals surface area contributed by atoms with Gasteiger partial charge in [-0.15, -0.1) is 0 Å². The number of benzene rings is 1. The van der Waals surface area contributed by atoms with Gasteiger partial charge in [0, 0.05) is 24.9 Å². The highest BCUT2D eigenvalue weighted by atomic mass is 16.2. The summed E-state index contributed by atoms with van der Waals surface area (Å²) in [6.45, 7) is 1.34. The van der Waals surface area contributed by atoms with Gasteiger partial charge in [-0.2, -0.15) is 5.10 Å². The maximum atomic E-state index is 12.4. The molecule has 0 unspecified atom stereocenters. The lowest BCUT2D eigenvalue weighted by Crippen LogP contribution is -2.37. The molecule has 1 aromatic carbocycles. The molecule has 6 heteroatoms. The van der Waals surface area contributed by atoms with Gasteiger partial charge in [0.15, 0.2) is 0 Å². The van der Waals surface area contributed by atoms with Gasteiger partial charge in [-0.05, 0) is 31.2 Å². The number of nitrogens with zero attached hydrogens (tertiary/aromatic N) is 3. The third-order valence-corrected chi connectivity index (χ3v) is 5.44. The van der Waals surface area contributed by atoms with E-state index in [0.717, 1.165) is 44.3 Å². The van der Waals surface area contributed by atoms with Gasteiger partial charge in [-0.3, -0.25) is 9.36 Å². The first kappa shape index (κ1) is 16.1. The summed E-state index contributed by atoms with van der Waals surface area (Å²) in [5.74, 6) is 0.677. The molecule has 1 amide bonds. The summed E-state index contributed by atoms with van der Waals surface area (Å²) >= 11 is 0. The standard InChI is InChI=1S/C19H24N4O2/c24-17(20-14-19(10-11-19)15-7-3-1-4-8-15)13-23-18(25)22-12-6-2-5-9-16(22)21-23/h1,3-4,7-8H,2,5-6,9-14H2,(H,20,24). The molecule has 0 radical (unpaired) electrons. The van der Waals surface area contributed by atoms with Crippen LogP contribution in [0.3, 0.4) is 0 Å². The van der Waals surface area contributed by atoms with Crippen LogP contribution in [0.15, 0.2) is 35.1 Å². The molecule has 1 fully saturated rings. The quantitative estimate of drug-likeness (QED) is 0.899. The van der Waals surface area contributed by atoms with Gasteiger partial charge >= 0.3 is 5.69 Å². The number of amides is 1. The number of rotatable bonds is 5. The summed E-state index contributed by atoms with van der Waals surface area (Å²) < 4.78 is 3.05. The van der Waals surface area contributed by atoms with Crippen LogP contribution in [0.5, 0.6) is 0 Å². The highest BCUT2D eigenvalue weighted by molar-refractivity contribution is 5.75. The third kappa shape index (κ3) is 3.25. The predicted octanol–water partition coefficient (Wildman–Crippen LogP) is 1.62. The van der Waals surface area contributed by atoms with Gasteiger partial charge in [0.1, 0.15) is 12.4 Å². The van der Waals surface area contributed by atoms with Crippen LogP contribution in [0, 0.1) is 0 Å². The van der Waals surface area contributed by atoms with Crippen molar-refractivity contribution >= 4 is 5.91 Å². The highest BCUT2D eigenvalue weighted by Gasteiger charge is 2.44. The van der Waals surface area contributed by atoms with E-state index < -0.39 is 0 Å². The van der Waals surface area contributed by atoms with Crippen molar-refractivity contribution in [1.29, 1.82) is 0 Å². The van der Waals surface area contributed by atoms with Crippen molar-refractivity contribution in [2.45, 2.75) is 57.0 Å². The van der Waals surface area contributed by atoms with Crippen LogP contribution in [0.4, 0.5) is 0 Å². The van der Waals surface area contributed by atoms with Crippen LogP contribution in [0.25, 0.3) is 0 Å². The fraction of sp³-hybridized carbons (Fsp3) is 0.526. The SMILES string of the molecule is O=C(Cn1nc2n(c1=O)CCCCC2)NCC1(c2ccccc2)CC1. The van der Waals surface area contributed by atoms with Gasteiger partial charge < -0.3 is 5.32 Å². The van der Waals surface area contributed by atoms with Crippen LogP contribution in [-0.4, -0.2) is 26.8 Å². The Hall–Kier alpha value is -2.37. The van der Waals surface area contributed by atoms with E-state index in [4.69, 9.17) is 0 Å². The molecule has 1 aromatic heterocycles. The summed E-state index contributed by atoms with van der Waals surface area (Å²) in [5.41, 5.74) is 1.20. The van der Waals surface area contributed by atoms with Crippen molar-refractivity contribution in [2.75, 3.05) is 6.54 Å². The van der Waals surface area contributed by atoms with Crippen molar-refractivity contribution in [3.8, 4) is 0 Å². The molecule has 2 heterocycles. The van der Waals surface area contributed by atoms with E-state index in [9.17, 15) is 9.59 Å². The first-order valence-electron chi connectivity index (χ1n) is 9.17. The summed E-state index contributed by atoms with van der Waals surface area (Å²) in [7, 11) is 0. The Morgan fingerprint density at radius 3 is 2.72 bits per heavy atom. The van der Waals surface area contributed by atoms with Gasteiger partial charge in [-0.1, -0.05) is 36.8 Å². The van der Waals surface area contributed by atoms with Crippen molar-refractivity contribution in [3.63, 3.8) is 0 Å². The maximum Gasteiger partial charge on any atom is 0.346 e. The molecule has 1 saturated carbocycles. The summed E-state index contributed by atoms with van der Waals surface area (Å²) in [4.78, 5) is 24.8.